The first-order valence-corrected chi connectivity index (χ1v) is 9.62. The molecule has 2 fully saturated rings. The minimum Gasteiger partial charge on any atom is -0.463 e. The van der Waals surface area contributed by atoms with Crippen LogP contribution in [0.25, 0.3) is 0 Å². The average Bonchev–Trinajstić information content (AvgIpc) is 3.09. The van der Waals surface area contributed by atoms with Crippen LogP contribution in [0.2, 0.25) is 0 Å². The molecular formula is C15H23N3O4S. The summed E-state index contributed by atoms with van der Waals surface area (Å²) in [5.74, 6) is 0.727. The average molecular weight is 341 g/mol. The second kappa shape index (κ2) is 6.70. The van der Waals surface area contributed by atoms with E-state index in [1.165, 1.54) is 0 Å². The number of nitrogens with zero attached hydrogens (tertiary/aromatic N) is 3. The standard InChI is InChI=1S/C15H23N3O4S/c1-3-23(19,20)18-8-13-12(10-22-14(13)9-18)5-7-21-15-16-6-4-11(2)17-15/h4,6,12-14H,3,5,7-10H2,1-2H3/t12-,13-,14-/m0/s1. The third kappa shape index (κ3) is 3.64. The van der Waals surface area contributed by atoms with Crippen molar-refractivity contribution in [2.75, 3.05) is 32.1 Å². The Morgan fingerprint density at radius 3 is 3.00 bits per heavy atom. The Kier molecular flexibility index (Phi) is 4.84. The minimum absolute atomic E-state index is 0.0246. The predicted octanol–water partition coefficient (Wildman–Crippen LogP) is 0.850. The summed E-state index contributed by atoms with van der Waals surface area (Å²) < 4.78 is 37.0. The molecule has 0 bridgehead atoms. The van der Waals surface area contributed by atoms with Gasteiger partial charge in [0, 0.05) is 30.9 Å². The Labute approximate surface area is 137 Å². The highest BCUT2D eigenvalue weighted by molar-refractivity contribution is 7.89. The lowest BCUT2D eigenvalue weighted by Crippen LogP contribution is -2.32. The maximum absolute atomic E-state index is 12.0. The van der Waals surface area contributed by atoms with Crippen molar-refractivity contribution < 1.29 is 17.9 Å². The molecule has 0 N–H and O–H groups in total. The molecule has 3 heterocycles. The number of hydrogen-bond donors (Lipinski definition) is 0. The molecule has 2 aliphatic heterocycles. The summed E-state index contributed by atoms with van der Waals surface area (Å²) in [6, 6.07) is 2.21. The van der Waals surface area contributed by atoms with Crippen LogP contribution in [-0.4, -0.2) is 60.9 Å². The summed E-state index contributed by atoms with van der Waals surface area (Å²) in [5.41, 5.74) is 0.871. The smallest absolute Gasteiger partial charge is 0.316 e. The normalized spacial score (nSPS) is 28.0. The fraction of sp³-hybridized carbons (Fsp3) is 0.733. The lowest BCUT2D eigenvalue weighted by Gasteiger charge is -2.19. The zero-order valence-corrected chi connectivity index (χ0v) is 14.3. The number of aryl methyl sites for hydroxylation is 1. The molecule has 0 saturated carbocycles. The Hall–Kier alpha value is -1.25. The van der Waals surface area contributed by atoms with E-state index < -0.39 is 10.0 Å². The number of sulfonamides is 1. The highest BCUT2D eigenvalue weighted by atomic mass is 32.2. The molecule has 1 aromatic rings. The minimum atomic E-state index is -3.13. The van der Waals surface area contributed by atoms with E-state index in [1.54, 1.807) is 17.4 Å². The van der Waals surface area contributed by atoms with Crippen LogP contribution in [0.1, 0.15) is 19.0 Å². The van der Waals surface area contributed by atoms with Gasteiger partial charge in [-0.15, -0.1) is 0 Å². The van der Waals surface area contributed by atoms with Crippen LogP contribution in [-0.2, 0) is 14.8 Å². The summed E-state index contributed by atoms with van der Waals surface area (Å²) in [6.45, 7) is 5.81. The number of rotatable bonds is 6. The molecule has 23 heavy (non-hydrogen) atoms. The topological polar surface area (TPSA) is 81.6 Å². The third-order valence-corrected chi connectivity index (χ3v) is 6.47. The lowest BCUT2D eigenvalue weighted by atomic mass is 9.91. The molecule has 0 spiro atoms. The Morgan fingerprint density at radius 1 is 1.43 bits per heavy atom. The van der Waals surface area contributed by atoms with Crippen molar-refractivity contribution in [3.63, 3.8) is 0 Å². The van der Waals surface area contributed by atoms with Crippen molar-refractivity contribution >= 4 is 10.0 Å². The van der Waals surface area contributed by atoms with Crippen LogP contribution < -0.4 is 4.74 Å². The molecule has 3 rings (SSSR count). The first-order valence-electron chi connectivity index (χ1n) is 8.01. The molecule has 0 aliphatic carbocycles. The molecule has 128 valence electrons. The number of ether oxygens (including phenoxy) is 2. The molecule has 3 atom stereocenters. The van der Waals surface area contributed by atoms with E-state index in [4.69, 9.17) is 9.47 Å². The Balaban J connectivity index is 1.52. The van der Waals surface area contributed by atoms with E-state index >= 15 is 0 Å². The van der Waals surface area contributed by atoms with Crippen LogP contribution in [0.4, 0.5) is 0 Å². The molecule has 0 aromatic carbocycles. The molecule has 0 radical (unpaired) electrons. The molecular weight excluding hydrogens is 318 g/mol. The van der Waals surface area contributed by atoms with Crippen LogP contribution in [0.15, 0.2) is 12.3 Å². The van der Waals surface area contributed by atoms with Gasteiger partial charge < -0.3 is 9.47 Å². The van der Waals surface area contributed by atoms with Gasteiger partial charge in [0.15, 0.2) is 0 Å². The Morgan fingerprint density at radius 2 is 2.26 bits per heavy atom. The van der Waals surface area contributed by atoms with Crippen molar-refractivity contribution in [3.05, 3.63) is 18.0 Å². The molecule has 7 nitrogen and oxygen atoms in total. The number of hydrogen-bond acceptors (Lipinski definition) is 6. The van der Waals surface area contributed by atoms with E-state index in [1.807, 2.05) is 13.0 Å². The third-order valence-electron chi connectivity index (χ3n) is 4.66. The van der Waals surface area contributed by atoms with Crippen molar-refractivity contribution in [2.45, 2.75) is 26.4 Å². The summed E-state index contributed by atoms with van der Waals surface area (Å²) >= 11 is 0. The van der Waals surface area contributed by atoms with Gasteiger partial charge in [0.25, 0.3) is 0 Å². The van der Waals surface area contributed by atoms with Crippen molar-refractivity contribution in [2.24, 2.45) is 11.8 Å². The summed E-state index contributed by atoms with van der Waals surface area (Å²) in [7, 11) is -3.13. The molecule has 0 unspecified atom stereocenters. The largest absolute Gasteiger partial charge is 0.463 e. The van der Waals surface area contributed by atoms with Crippen LogP contribution in [0, 0.1) is 18.8 Å². The van der Waals surface area contributed by atoms with Crippen LogP contribution in [0.3, 0.4) is 0 Å². The van der Waals surface area contributed by atoms with Crippen molar-refractivity contribution in [1.82, 2.24) is 14.3 Å². The van der Waals surface area contributed by atoms with E-state index in [0.717, 1.165) is 12.1 Å². The monoisotopic (exact) mass is 341 g/mol. The fourth-order valence-corrected chi connectivity index (χ4v) is 4.41. The maximum atomic E-state index is 12.0. The van der Waals surface area contributed by atoms with E-state index in [9.17, 15) is 8.42 Å². The quantitative estimate of drug-likeness (QED) is 0.763. The first-order chi connectivity index (χ1) is 11.0. The predicted molar refractivity (Wildman–Crippen MR) is 84.6 cm³/mol. The van der Waals surface area contributed by atoms with Gasteiger partial charge in [-0.25, -0.2) is 18.4 Å². The van der Waals surface area contributed by atoms with Crippen molar-refractivity contribution in [1.29, 1.82) is 0 Å². The molecule has 2 aliphatic rings. The highest BCUT2D eigenvalue weighted by Gasteiger charge is 2.46. The maximum Gasteiger partial charge on any atom is 0.316 e. The Bertz CT molecular complexity index is 652. The van der Waals surface area contributed by atoms with Gasteiger partial charge in [0.1, 0.15) is 0 Å². The van der Waals surface area contributed by atoms with Crippen molar-refractivity contribution in [3.8, 4) is 6.01 Å². The zero-order valence-electron chi connectivity index (χ0n) is 13.5. The van der Waals surface area contributed by atoms with Crippen LogP contribution >= 0.6 is 0 Å². The van der Waals surface area contributed by atoms with E-state index in [2.05, 4.69) is 9.97 Å². The highest BCUT2D eigenvalue weighted by Crippen LogP contribution is 2.36. The number of aromatic nitrogens is 2. The van der Waals surface area contributed by atoms with Gasteiger partial charge in [-0.3, -0.25) is 0 Å². The first kappa shape index (κ1) is 16.6. The second-order valence-corrected chi connectivity index (χ2v) is 8.39. The SMILES string of the molecule is CCS(=O)(=O)N1C[C@H]2[C@@H](CCOc3nccc(C)n3)CO[C@H]2C1. The van der Waals surface area contributed by atoms with Gasteiger partial charge >= 0.3 is 6.01 Å². The summed E-state index contributed by atoms with van der Waals surface area (Å²) in [5, 5.41) is 0. The van der Waals surface area contributed by atoms with Gasteiger partial charge in [-0.2, -0.15) is 4.31 Å². The molecule has 1 aromatic heterocycles. The van der Waals surface area contributed by atoms with Gasteiger partial charge in [-0.05, 0) is 32.3 Å². The van der Waals surface area contributed by atoms with E-state index in [0.29, 0.717) is 38.2 Å². The summed E-state index contributed by atoms with van der Waals surface area (Å²) in [4.78, 5) is 8.28. The number of fused-ring (bicyclic) bond motifs is 1. The fourth-order valence-electron chi connectivity index (χ4n) is 3.27. The zero-order chi connectivity index (χ0) is 16.4. The lowest BCUT2D eigenvalue weighted by molar-refractivity contribution is 0.102. The van der Waals surface area contributed by atoms with Gasteiger partial charge in [-0.1, -0.05) is 0 Å². The summed E-state index contributed by atoms with van der Waals surface area (Å²) in [6.07, 6.45) is 2.52. The van der Waals surface area contributed by atoms with Gasteiger partial charge in [0.05, 0.1) is 25.1 Å². The van der Waals surface area contributed by atoms with Crippen LogP contribution in [0.5, 0.6) is 6.01 Å². The molecule has 8 heteroatoms. The van der Waals surface area contributed by atoms with E-state index in [-0.39, 0.29) is 17.8 Å². The molecule has 2 saturated heterocycles. The second-order valence-electron chi connectivity index (χ2n) is 6.13. The molecule has 0 amide bonds. The van der Waals surface area contributed by atoms with Gasteiger partial charge in [0.2, 0.25) is 10.0 Å².